The van der Waals surface area contributed by atoms with Gasteiger partial charge in [-0.15, -0.1) is 0 Å². The Morgan fingerprint density at radius 2 is 1.62 bits per heavy atom. The number of carbonyl (C=O) groups is 3. The van der Waals surface area contributed by atoms with Crippen LogP contribution in [0.2, 0.25) is 0 Å². The number of ether oxygens (including phenoxy) is 2. The molecule has 0 radical (unpaired) electrons. The Labute approximate surface area is 121 Å². The number of amides is 1. The maximum atomic E-state index is 11.8. The van der Waals surface area contributed by atoms with E-state index in [2.05, 4.69) is 5.32 Å². The Bertz CT molecular complexity index is 606. The van der Waals surface area contributed by atoms with Gasteiger partial charge >= 0.3 is 11.9 Å². The highest BCUT2D eigenvalue weighted by Crippen LogP contribution is 2.24. The molecule has 6 heteroatoms. The van der Waals surface area contributed by atoms with Crippen LogP contribution in [-0.2, 0) is 23.9 Å². The number of benzene rings is 1. The molecule has 1 aromatic carbocycles. The molecule has 1 aromatic rings. The van der Waals surface area contributed by atoms with Crippen LogP contribution in [0.15, 0.2) is 29.8 Å². The largest absolute Gasteiger partial charge is 0.419 e. The molecule has 1 N–H and O–H groups in total. The van der Waals surface area contributed by atoms with Gasteiger partial charge in [-0.3, -0.25) is 4.79 Å². The minimum Gasteiger partial charge on any atom is -0.419 e. The fourth-order valence-electron chi connectivity index (χ4n) is 1.81. The van der Waals surface area contributed by atoms with Crippen LogP contribution >= 0.6 is 0 Å². The van der Waals surface area contributed by atoms with Gasteiger partial charge in [0.1, 0.15) is 5.57 Å². The van der Waals surface area contributed by atoms with Crippen molar-refractivity contribution >= 4 is 29.6 Å². The smallest absolute Gasteiger partial charge is 0.348 e. The zero-order valence-electron chi connectivity index (χ0n) is 11.9. The number of anilines is 1. The lowest BCUT2D eigenvalue weighted by Crippen LogP contribution is -2.41. The second-order valence-electron chi connectivity index (χ2n) is 5.04. The van der Waals surface area contributed by atoms with Crippen molar-refractivity contribution in [3.05, 3.63) is 35.4 Å². The third-order valence-electron chi connectivity index (χ3n) is 2.66. The van der Waals surface area contributed by atoms with Crippen LogP contribution in [0.25, 0.3) is 6.08 Å². The summed E-state index contributed by atoms with van der Waals surface area (Å²) in [6, 6.07) is 6.66. The first kappa shape index (κ1) is 14.8. The van der Waals surface area contributed by atoms with E-state index in [0.29, 0.717) is 11.3 Å². The molecule has 1 saturated heterocycles. The summed E-state index contributed by atoms with van der Waals surface area (Å²) in [5.41, 5.74) is 1.08. The fourth-order valence-corrected chi connectivity index (χ4v) is 1.81. The van der Waals surface area contributed by atoms with Crippen molar-refractivity contribution in [2.24, 2.45) is 0 Å². The van der Waals surface area contributed by atoms with Crippen molar-refractivity contribution < 1.29 is 23.9 Å². The van der Waals surface area contributed by atoms with Crippen LogP contribution < -0.4 is 5.32 Å². The van der Waals surface area contributed by atoms with E-state index < -0.39 is 17.7 Å². The summed E-state index contributed by atoms with van der Waals surface area (Å²) in [5, 5.41) is 2.62. The molecule has 0 aromatic heterocycles. The maximum absolute atomic E-state index is 11.8. The molecule has 0 unspecified atom stereocenters. The lowest BCUT2D eigenvalue weighted by Gasteiger charge is -2.29. The molecule has 0 spiro atoms. The summed E-state index contributed by atoms with van der Waals surface area (Å²) >= 11 is 0. The second-order valence-corrected chi connectivity index (χ2v) is 5.04. The van der Waals surface area contributed by atoms with Gasteiger partial charge in [0.25, 0.3) is 5.79 Å². The van der Waals surface area contributed by atoms with Crippen LogP contribution in [0, 0.1) is 0 Å². The standard InChI is InChI=1S/C15H15NO5/c1-9(17)16-11-6-4-10(5-7-11)8-12-13(18)20-15(2,3)21-14(12)19/h4-8H,1-3H3,(H,16,17). The highest BCUT2D eigenvalue weighted by atomic mass is 16.7. The minimum atomic E-state index is -1.25. The Kier molecular flexibility index (Phi) is 3.80. The summed E-state index contributed by atoms with van der Waals surface area (Å²) in [5.74, 6) is -2.87. The number of hydrogen-bond acceptors (Lipinski definition) is 5. The van der Waals surface area contributed by atoms with Gasteiger partial charge in [-0.05, 0) is 23.8 Å². The lowest BCUT2D eigenvalue weighted by atomic mass is 10.1. The van der Waals surface area contributed by atoms with Crippen molar-refractivity contribution in [3.8, 4) is 0 Å². The molecule has 1 amide bonds. The summed E-state index contributed by atoms with van der Waals surface area (Å²) in [4.78, 5) is 34.5. The zero-order chi connectivity index (χ0) is 15.6. The Morgan fingerprint density at radius 1 is 1.10 bits per heavy atom. The molecule has 0 bridgehead atoms. The monoisotopic (exact) mass is 289 g/mol. The molecule has 0 saturated carbocycles. The molecule has 0 aliphatic carbocycles. The summed E-state index contributed by atoms with van der Waals surface area (Å²) in [6.45, 7) is 4.38. The molecule has 21 heavy (non-hydrogen) atoms. The van der Waals surface area contributed by atoms with Crippen molar-refractivity contribution in [1.29, 1.82) is 0 Å². The molecule has 2 rings (SSSR count). The van der Waals surface area contributed by atoms with E-state index in [1.54, 1.807) is 24.3 Å². The third kappa shape index (κ3) is 3.68. The molecule has 110 valence electrons. The van der Waals surface area contributed by atoms with E-state index in [4.69, 9.17) is 9.47 Å². The van der Waals surface area contributed by atoms with Gasteiger partial charge in [0.15, 0.2) is 0 Å². The maximum Gasteiger partial charge on any atom is 0.348 e. The van der Waals surface area contributed by atoms with Crippen molar-refractivity contribution in [2.45, 2.75) is 26.6 Å². The van der Waals surface area contributed by atoms with Gasteiger partial charge in [0.05, 0.1) is 0 Å². The van der Waals surface area contributed by atoms with E-state index in [9.17, 15) is 14.4 Å². The highest BCUT2D eigenvalue weighted by Gasteiger charge is 2.38. The van der Waals surface area contributed by atoms with Gasteiger partial charge in [0, 0.05) is 26.5 Å². The van der Waals surface area contributed by atoms with E-state index in [0.717, 1.165) is 0 Å². The number of hydrogen-bond donors (Lipinski definition) is 1. The van der Waals surface area contributed by atoms with Crippen LogP contribution in [0.3, 0.4) is 0 Å². The van der Waals surface area contributed by atoms with Gasteiger partial charge in [-0.1, -0.05) is 12.1 Å². The lowest BCUT2D eigenvalue weighted by molar-refractivity contribution is -0.222. The van der Waals surface area contributed by atoms with E-state index in [1.165, 1.54) is 26.8 Å². The van der Waals surface area contributed by atoms with Crippen LogP contribution in [-0.4, -0.2) is 23.6 Å². The first-order chi connectivity index (χ1) is 9.77. The predicted molar refractivity (Wildman–Crippen MR) is 75.0 cm³/mol. The van der Waals surface area contributed by atoms with Gasteiger partial charge in [-0.2, -0.15) is 0 Å². The van der Waals surface area contributed by atoms with Gasteiger partial charge in [0.2, 0.25) is 5.91 Å². The van der Waals surface area contributed by atoms with E-state index in [-0.39, 0.29) is 11.5 Å². The topological polar surface area (TPSA) is 81.7 Å². The normalized spacial score (nSPS) is 16.8. The van der Waals surface area contributed by atoms with Crippen LogP contribution in [0.1, 0.15) is 26.3 Å². The second kappa shape index (κ2) is 5.40. The SMILES string of the molecule is CC(=O)Nc1ccc(C=C2C(=O)OC(C)(C)OC2=O)cc1. The minimum absolute atomic E-state index is 0.165. The number of nitrogens with one attached hydrogen (secondary N) is 1. The van der Waals surface area contributed by atoms with Gasteiger partial charge in [-0.25, -0.2) is 9.59 Å². The summed E-state index contributed by atoms with van der Waals surface area (Å²) in [7, 11) is 0. The van der Waals surface area contributed by atoms with Crippen LogP contribution in [0.4, 0.5) is 5.69 Å². The molecule has 1 aliphatic rings. The Morgan fingerprint density at radius 3 is 2.10 bits per heavy atom. The number of rotatable bonds is 2. The van der Waals surface area contributed by atoms with Crippen LogP contribution in [0.5, 0.6) is 0 Å². The first-order valence-electron chi connectivity index (χ1n) is 6.33. The van der Waals surface area contributed by atoms with E-state index >= 15 is 0 Å². The molecule has 0 atom stereocenters. The molecular formula is C15H15NO5. The zero-order valence-corrected chi connectivity index (χ0v) is 11.9. The number of esters is 2. The Balaban J connectivity index is 2.21. The molecule has 6 nitrogen and oxygen atoms in total. The fraction of sp³-hybridized carbons (Fsp3) is 0.267. The number of cyclic esters (lactones) is 2. The predicted octanol–water partition coefficient (Wildman–Crippen LogP) is 1.86. The van der Waals surface area contributed by atoms with Gasteiger partial charge < -0.3 is 14.8 Å². The van der Waals surface area contributed by atoms with Crippen molar-refractivity contribution in [2.75, 3.05) is 5.32 Å². The van der Waals surface area contributed by atoms with E-state index in [1.807, 2.05) is 0 Å². The van der Waals surface area contributed by atoms with Crippen molar-refractivity contribution in [1.82, 2.24) is 0 Å². The quantitative estimate of drug-likeness (QED) is 0.510. The Hall–Kier alpha value is -2.63. The average molecular weight is 289 g/mol. The van der Waals surface area contributed by atoms with Crippen molar-refractivity contribution in [3.63, 3.8) is 0 Å². The molecular weight excluding hydrogens is 274 g/mol. The number of carbonyl (C=O) groups excluding carboxylic acids is 3. The highest BCUT2D eigenvalue weighted by molar-refractivity contribution is 6.18. The summed E-state index contributed by atoms with van der Waals surface area (Å²) < 4.78 is 10.00. The average Bonchev–Trinajstić information content (AvgIpc) is 2.34. The molecule has 1 fully saturated rings. The summed E-state index contributed by atoms with van der Waals surface area (Å²) in [6.07, 6.45) is 1.39. The third-order valence-corrected chi connectivity index (χ3v) is 2.66. The molecule has 1 heterocycles. The first-order valence-corrected chi connectivity index (χ1v) is 6.33. The molecule has 1 aliphatic heterocycles.